The van der Waals surface area contributed by atoms with Crippen LogP contribution in [0.25, 0.3) is 11.4 Å². The van der Waals surface area contributed by atoms with Crippen molar-refractivity contribution >= 4 is 5.69 Å². The minimum atomic E-state index is 0.426. The van der Waals surface area contributed by atoms with Crippen LogP contribution in [-0.2, 0) is 4.74 Å². The Morgan fingerprint density at radius 2 is 2.00 bits per heavy atom. The molecule has 2 aromatic rings. The van der Waals surface area contributed by atoms with Crippen molar-refractivity contribution in [2.75, 3.05) is 18.5 Å². The molecule has 0 amide bonds. The first-order chi connectivity index (χ1) is 10.4. The van der Waals surface area contributed by atoms with Crippen LogP contribution in [0.3, 0.4) is 0 Å². The molecule has 0 bridgehead atoms. The minimum Gasteiger partial charge on any atom is -0.380 e. The van der Waals surface area contributed by atoms with E-state index in [9.17, 15) is 0 Å². The van der Waals surface area contributed by atoms with Crippen molar-refractivity contribution in [3.8, 4) is 11.4 Å². The number of aromatic amines is 1. The Hall–Kier alpha value is -1.88. The van der Waals surface area contributed by atoms with Crippen LogP contribution in [0.5, 0.6) is 0 Å². The molecule has 1 saturated carbocycles. The van der Waals surface area contributed by atoms with E-state index >= 15 is 0 Å². The molecule has 5 heteroatoms. The maximum Gasteiger partial charge on any atom is 0.181 e. The summed E-state index contributed by atoms with van der Waals surface area (Å²) >= 11 is 0. The van der Waals surface area contributed by atoms with Gasteiger partial charge in [-0.3, -0.25) is 5.10 Å². The van der Waals surface area contributed by atoms with Crippen LogP contribution in [0.15, 0.2) is 24.3 Å². The smallest absolute Gasteiger partial charge is 0.181 e. The topological polar surface area (TPSA) is 62.8 Å². The van der Waals surface area contributed by atoms with E-state index in [2.05, 4.69) is 44.8 Å². The Morgan fingerprint density at radius 3 is 2.71 bits per heavy atom. The quantitative estimate of drug-likeness (QED) is 0.906. The Balaban J connectivity index is 1.44. The Bertz CT molecular complexity index is 597. The lowest BCUT2D eigenvalue weighted by atomic mass is 10.1. The Morgan fingerprint density at radius 1 is 1.14 bits per heavy atom. The molecule has 1 unspecified atom stereocenters. The molecule has 0 radical (unpaired) electrons. The summed E-state index contributed by atoms with van der Waals surface area (Å²) in [6.45, 7) is 1.69. The molecule has 2 heterocycles. The monoisotopic (exact) mass is 284 g/mol. The summed E-state index contributed by atoms with van der Waals surface area (Å²) in [7, 11) is 0. The average molecular weight is 284 g/mol. The first kappa shape index (κ1) is 12.8. The van der Waals surface area contributed by atoms with Gasteiger partial charge in [-0.05, 0) is 49.9 Å². The SMILES string of the molecule is c1cc(-c2n[nH]c(C3CC3)n2)ccc1NC1CCCOC1. The van der Waals surface area contributed by atoms with E-state index < -0.39 is 0 Å². The Labute approximate surface area is 124 Å². The third-order valence-electron chi connectivity index (χ3n) is 4.14. The number of benzene rings is 1. The van der Waals surface area contributed by atoms with Gasteiger partial charge in [-0.2, -0.15) is 5.10 Å². The van der Waals surface area contributed by atoms with Crippen LogP contribution in [0.4, 0.5) is 5.69 Å². The van der Waals surface area contributed by atoms with Gasteiger partial charge in [0.15, 0.2) is 5.82 Å². The number of aromatic nitrogens is 3. The largest absolute Gasteiger partial charge is 0.380 e. The van der Waals surface area contributed by atoms with Gasteiger partial charge in [-0.1, -0.05) is 0 Å². The van der Waals surface area contributed by atoms with Crippen LogP contribution in [0.1, 0.15) is 37.4 Å². The summed E-state index contributed by atoms with van der Waals surface area (Å²) in [6.07, 6.45) is 4.78. The van der Waals surface area contributed by atoms with Gasteiger partial charge in [0.2, 0.25) is 0 Å². The molecule has 2 fully saturated rings. The molecule has 1 aliphatic carbocycles. The standard InChI is InChI=1S/C16H20N4O/c1-2-14(10-21-9-1)17-13-7-5-12(6-8-13)16-18-15(19-20-16)11-3-4-11/h5-8,11,14,17H,1-4,9-10H2,(H,18,19,20). The molecule has 110 valence electrons. The van der Waals surface area contributed by atoms with Crippen LogP contribution in [0.2, 0.25) is 0 Å². The Kier molecular flexibility index (Phi) is 3.35. The predicted molar refractivity (Wildman–Crippen MR) is 81.3 cm³/mol. The van der Waals surface area contributed by atoms with Gasteiger partial charge in [0.05, 0.1) is 6.61 Å². The van der Waals surface area contributed by atoms with E-state index in [0.29, 0.717) is 12.0 Å². The van der Waals surface area contributed by atoms with Crippen LogP contribution >= 0.6 is 0 Å². The molecule has 1 aromatic carbocycles. The third-order valence-corrected chi connectivity index (χ3v) is 4.14. The zero-order valence-corrected chi connectivity index (χ0v) is 12.0. The van der Waals surface area contributed by atoms with Crippen molar-refractivity contribution < 1.29 is 4.74 Å². The van der Waals surface area contributed by atoms with Crippen molar-refractivity contribution in [1.82, 2.24) is 15.2 Å². The zero-order chi connectivity index (χ0) is 14.1. The normalized spacial score (nSPS) is 22.2. The maximum atomic E-state index is 5.49. The lowest BCUT2D eigenvalue weighted by Crippen LogP contribution is -2.29. The second-order valence-electron chi connectivity index (χ2n) is 5.95. The first-order valence-corrected chi connectivity index (χ1v) is 7.75. The van der Waals surface area contributed by atoms with Crippen LogP contribution in [-0.4, -0.2) is 34.4 Å². The number of nitrogens with zero attached hydrogens (tertiary/aromatic N) is 2. The molecule has 4 rings (SSSR count). The van der Waals surface area contributed by atoms with E-state index in [1.807, 2.05) is 0 Å². The summed E-state index contributed by atoms with van der Waals surface area (Å²) in [5.41, 5.74) is 2.19. The highest BCUT2D eigenvalue weighted by Crippen LogP contribution is 2.38. The minimum absolute atomic E-state index is 0.426. The molecule has 1 aliphatic heterocycles. The number of hydrogen-bond donors (Lipinski definition) is 2. The highest BCUT2D eigenvalue weighted by atomic mass is 16.5. The van der Waals surface area contributed by atoms with Gasteiger partial charge in [-0.25, -0.2) is 4.98 Å². The lowest BCUT2D eigenvalue weighted by Gasteiger charge is -2.24. The van der Waals surface area contributed by atoms with Crippen molar-refractivity contribution in [1.29, 1.82) is 0 Å². The number of anilines is 1. The molecule has 1 saturated heterocycles. The molecule has 5 nitrogen and oxygen atoms in total. The molecule has 2 N–H and O–H groups in total. The molecule has 0 spiro atoms. The molecule has 2 aliphatic rings. The maximum absolute atomic E-state index is 5.49. The molecular weight excluding hydrogens is 264 g/mol. The highest BCUT2D eigenvalue weighted by Gasteiger charge is 2.27. The number of hydrogen-bond acceptors (Lipinski definition) is 4. The van der Waals surface area contributed by atoms with Crippen molar-refractivity contribution in [3.63, 3.8) is 0 Å². The third kappa shape index (κ3) is 2.93. The second kappa shape index (κ2) is 5.48. The summed E-state index contributed by atoms with van der Waals surface area (Å²) in [5.74, 6) is 2.44. The molecule has 1 aromatic heterocycles. The van der Waals surface area contributed by atoms with Crippen LogP contribution < -0.4 is 5.32 Å². The molecule has 1 atom stereocenters. The lowest BCUT2D eigenvalue weighted by molar-refractivity contribution is 0.0876. The fourth-order valence-electron chi connectivity index (χ4n) is 2.75. The summed E-state index contributed by atoms with van der Waals surface area (Å²) in [5, 5.41) is 10.9. The fourth-order valence-corrected chi connectivity index (χ4v) is 2.75. The predicted octanol–water partition coefficient (Wildman–Crippen LogP) is 2.94. The highest BCUT2D eigenvalue weighted by molar-refractivity contribution is 5.59. The second-order valence-corrected chi connectivity index (χ2v) is 5.95. The number of H-pyrrole nitrogens is 1. The van der Waals surface area contributed by atoms with Gasteiger partial charge in [0.25, 0.3) is 0 Å². The summed E-state index contributed by atoms with van der Waals surface area (Å²) < 4.78 is 5.49. The number of nitrogens with one attached hydrogen (secondary N) is 2. The van der Waals surface area contributed by atoms with Gasteiger partial charge >= 0.3 is 0 Å². The van der Waals surface area contributed by atoms with Crippen molar-refractivity contribution in [2.45, 2.75) is 37.6 Å². The number of ether oxygens (including phenoxy) is 1. The number of rotatable bonds is 4. The fraction of sp³-hybridized carbons (Fsp3) is 0.500. The van der Waals surface area contributed by atoms with E-state index in [-0.39, 0.29) is 0 Å². The van der Waals surface area contributed by atoms with Gasteiger partial charge in [0.1, 0.15) is 5.82 Å². The van der Waals surface area contributed by atoms with Crippen molar-refractivity contribution in [3.05, 3.63) is 30.1 Å². The molecule has 21 heavy (non-hydrogen) atoms. The van der Waals surface area contributed by atoms with Gasteiger partial charge in [0, 0.05) is 29.8 Å². The summed E-state index contributed by atoms with van der Waals surface area (Å²) in [4.78, 5) is 4.58. The zero-order valence-electron chi connectivity index (χ0n) is 12.0. The van der Waals surface area contributed by atoms with E-state index in [1.165, 1.54) is 19.3 Å². The van der Waals surface area contributed by atoms with E-state index in [0.717, 1.165) is 42.5 Å². The first-order valence-electron chi connectivity index (χ1n) is 7.75. The summed E-state index contributed by atoms with van der Waals surface area (Å²) in [6, 6.07) is 8.76. The molecular formula is C16H20N4O. The van der Waals surface area contributed by atoms with Crippen LogP contribution in [0, 0.1) is 0 Å². The van der Waals surface area contributed by atoms with E-state index in [1.54, 1.807) is 0 Å². The van der Waals surface area contributed by atoms with Crippen molar-refractivity contribution in [2.24, 2.45) is 0 Å². The average Bonchev–Trinajstić information content (AvgIpc) is 3.27. The van der Waals surface area contributed by atoms with Gasteiger partial charge < -0.3 is 10.1 Å². The van der Waals surface area contributed by atoms with E-state index in [4.69, 9.17) is 4.74 Å². The van der Waals surface area contributed by atoms with Gasteiger partial charge in [-0.15, -0.1) is 0 Å².